The standard InChI is InChI=1S/C16H19NO/c1-3-12-4-6-13(7-5-12)16(18)14-8-9-15(17)11(2)10-14/h4-10,16,18H,3,17H2,1-2H3/t16-/m0/s1. The van der Waals surface area contributed by atoms with Crippen LogP contribution in [-0.2, 0) is 6.42 Å². The Kier molecular flexibility index (Phi) is 3.68. The summed E-state index contributed by atoms with van der Waals surface area (Å²) in [5.74, 6) is 0. The van der Waals surface area contributed by atoms with Gasteiger partial charge in [-0.15, -0.1) is 0 Å². The summed E-state index contributed by atoms with van der Waals surface area (Å²) >= 11 is 0. The van der Waals surface area contributed by atoms with E-state index in [9.17, 15) is 5.11 Å². The Labute approximate surface area is 108 Å². The number of anilines is 1. The minimum absolute atomic E-state index is 0.588. The predicted octanol–water partition coefficient (Wildman–Crippen LogP) is 3.22. The number of rotatable bonds is 3. The van der Waals surface area contributed by atoms with Gasteiger partial charge >= 0.3 is 0 Å². The third-order valence-electron chi connectivity index (χ3n) is 3.31. The molecule has 2 aromatic carbocycles. The third kappa shape index (κ3) is 2.54. The molecule has 1 atom stereocenters. The summed E-state index contributed by atoms with van der Waals surface area (Å²) in [6, 6.07) is 13.7. The zero-order valence-electron chi connectivity index (χ0n) is 10.9. The van der Waals surface area contributed by atoms with Crippen molar-refractivity contribution in [3.8, 4) is 0 Å². The first-order valence-electron chi connectivity index (χ1n) is 6.24. The van der Waals surface area contributed by atoms with E-state index in [1.807, 2.05) is 37.3 Å². The van der Waals surface area contributed by atoms with E-state index in [2.05, 4.69) is 19.1 Å². The second-order valence-corrected chi connectivity index (χ2v) is 4.61. The number of aryl methyl sites for hydroxylation is 2. The van der Waals surface area contributed by atoms with Crippen LogP contribution in [0.1, 0.15) is 35.3 Å². The maximum Gasteiger partial charge on any atom is 0.104 e. The summed E-state index contributed by atoms with van der Waals surface area (Å²) in [7, 11) is 0. The van der Waals surface area contributed by atoms with Crippen LogP contribution in [0.4, 0.5) is 5.69 Å². The van der Waals surface area contributed by atoms with Crippen LogP contribution >= 0.6 is 0 Å². The largest absolute Gasteiger partial charge is 0.399 e. The highest BCUT2D eigenvalue weighted by atomic mass is 16.3. The van der Waals surface area contributed by atoms with E-state index in [4.69, 9.17) is 5.73 Å². The summed E-state index contributed by atoms with van der Waals surface area (Å²) in [5, 5.41) is 10.3. The lowest BCUT2D eigenvalue weighted by Crippen LogP contribution is -2.01. The lowest BCUT2D eigenvalue weighted by atomic mass is 9.98. The number of aliphatic hydroxyl groups is 1. The van der Waals surface area contributed by atoms with Crippen LogP contribution < -0.4 is 5.73 Å². The Balaban J connectivity index is 2.28. The van der Waals surface area contributed by atoms with Crippen LogP contribution in [0.2, 0.25) is 0 Å². The van der Waals surface area contributed by atoms with Crippen molar-refractivity contribution in [3.05, 3.63) is 64.7 Å². The van der Waals surface area contributed by atoms with Gasteiger partial charge in [0, 0.05) is 5.69 Å². The number of benzene rings is 2. The van der Waals surface area contributed by atoms with Crippen molar-refractivity contribution in [2.45, 2.75) is 26.4 Å². The molecule has 2 nitrogen and oxygen atoms in total. The van der Waals surface area contributed by atoms with Gasteiger partial charge < -0.3 is 10.8 Å². The van der Waals surface area contributed by atoms with Gasteiger partial charge in [0.25, 0.3) is 0 Å². The molecule has 0 saturated heterocycles. The van der Waals surface area contributed by atoms with Gasteiger partial charge in [0.2, 0.25) is 0 Å². The molecule has 2 aromatic rings. The summed E-state index contributed by atoms with van der Waals surface area (Å²) in [6.07, 6.45) is 0.423. The first-order valence-corrected chi connectivity index (χ1v) is 6.24. The predicted molar refractivity (Wildman–Crippen MR) is 75.5 cm³/mol. The topological polar surface area (TPSA) is 46.2 Å². The fourth-order valence-electron chi connectivity index (χ4n) is 2.00. The quantitative estimate of drug-likeness (QED) is 0.810. The van der Waals surface area contributed by atoms with Crippen molar-refractivity contribution in [2.24, 2.45) is 0 Å². The van der Waals surface area contributed by atoms with Gasteiger partial charge in [0.15, 0.2) is 0 Å². The van der Waals surface area contributed by atoms with Gasteiger partial charge in [-0.25, -0.2) is 0 Å². The van der Waals surface area contributed by atoms with Gasteiger partial charge in [-0.05, 0) is 41.7 Å². The average molecular weight is 241 g/mol. The molecule has 0 spiro atoms. The molecule has 0 fully saturated rings. The van der Waals surface area contributed by atoms with Crippen LogP contribution in [0, 0.1) is 6.92 Å². The summed E-state index contributed by atoms with van der Waals surface area (Å²) in [4.78, 5) is 0. The van der Waals surface area contributed by atoms with Crippen LogP contribution in [0.5, 0.6) is 0 Å². The first kappa shape index (κ1) is 12.7. The Hall–Kier alpha value is -1.80. The normalized spacial score (nSPS) is 12.4. The van der Waals surface area contributed by atoms with Gasteiger partial charge in [0.1, 0.15) is 6.10 Å². The maximum absolute atomic E-state index is 10.3. The van der Waals surface area contributed by atoms with Crippen molar-refractivity contribution in [3.63, 3.8) is 0 Å². The monoisotopic (exact) mass is 241 g/mol. The van der Waals surface area contributed by atoms with E-state index in [1.165, 1.54) is 5.56 Å². The summed E-state index contributed by atoms with van der Waals surface area (Å²) in [5.41, 5.74) is 10.6. The zero-order valence-corrected chi connectivity index (χ0v) is 10.9. The highest BCUT2D eigenvalue weighted by molar-refractivity contribution is 5.49. The van der Waals surface area contributed by atoms with Crippen molar-refractivity contribution in [1.82, 2.24) is 0 Å². The molecule has 0 aromatic heterocycles. The van der Waals surface area contributed by atoms with E-state index < -0.39 is 6.10 Å². The Morgan fingerprint density at radius 1 is 1.06 bits per heavy atom. The molecule has 0 unspecified atom stereocenters. The van der Waals surface area contributed by atoms with Crippen LogP contribution in [0.15, 0.2) is 42.5 Å². The van der Waals surface area contributed by atoms with Crippen molar-refractivity contribution < 1.29 is 5.11 Å². The second kappa shape index (κ2) is 5.23. The lowest BCUT2D eigenvalue weighted by molar-refractivity contribution is 0.220. The molecule has 2 heteroatoms. The smallest absolute Gasteiger partial charge is 0.104 e. The van der Waals surface area contributed by atoms with Crippen LogP contribution in [0.25, 0.3) is 0 Å². The van der Waals surface area contributed by atoms with Gasteiger partial charge in [-0.2, -0.15) is 0 Å². The van der Waals surface area contributed by atoms with Crippen molar-refractivity contribution in [1.29, 1.82) is 0 Å². The molecule has 0 aliphatic heterocycles. The minimum Gasteiger partial charge on any atom is -0.399 e. The lowest BCUT2D eigenvalue weighted by Gasteiger charge is -2.13. The van der Waals surface area contributed by atoms with Crippen LogP contribution in [0.3, 0.4) is 0 Å². The number of aliphatic hydroxyl groups excluding tert-OH is 1. The average Bonchev–Trinajstić information content (AvgIpc) is 2.41. The molecule has 3 N–H and O–H groups in total. The first-order chi connectivity index (χ1) is 8.61. The molecule has 0 radical (unpaired) electrons. The molecule has 0 aliphatic carbocycles. The van der Waals surface area contributed by atoms with Crippen molar-refractivity contribution in [2.75, 3.05) is 5.73 Å². The van der Waals surface area contributed by atoms with Crippen molar-refractivity contribution >= 4 is 5.69 Å². The zero-order chi connectivity index (χ0) is 13.1. The van der Waals surface area contributed by atoms with E-state index in [-0.39, 0.29) is 0 Å². The second-order valence-electron chi connectivity index (χ2n) is 4.61. The Morgan fingerprint density at radius 2 is 1.67 bits per heavy atom. The molecule has 0 aliphatic rings. The fourth-order valence-corrected chi connectivity index (χ4v) is 2.00. The minimum atomic E-state index is -0.588. The molecule has 2 rings (SSSR count). The molecule has 0 saturated carbocycles. The van der Waals surface area contributed by atoms with E-state index in [0.717, 1.165) is 28.8 Å². The summed E-state index contributed by atoms with van der Waals surface area (Å²) in [6.45, 7) is 4.07. The fraction of sp³-hybridized carbons (Fsp3) is 0.250. The molecule has 0 bridgehead atoms. The molecule has 0 heterocycles. The van der Waals surface area contributed by atoms with Crippen LogP contribution in [-0.4, -0.2) is 5.11 Å². The van der Waals surface area contributed by atoms with Gasteiger partial charge in [-0.3, -0.25) is 0 Å². The number of hydrogen-bond acceptors (Lipinski definition) is 2. The third-order valence-corrected chi connectivity index (χ3v) is 3.31. The molecular weight excluding hydrogens is 222 g/mol. The van der Waals surface area contributed by atoms with Gasteiger partial charge in [-0.1, -0.05) is 43.3 Å². The van der Waals surface area contributed by atoms with Gasteiger partial charge in [0.05, 0.1) is 0 Å². The molecular formula is C16H19NO. The number of nitrogens with two attached hydrogens (primary N) is 1. The Morgan fingerprint density at radius 3 is 2.22 bits per heavy atom. The van der Waals surface area contributed by atoms with E-state index >= 15 is 0 Å². The summed E-state index contributed by atoms with van der Waals surface area (Å²) < 4.78 is 0. The number of hydrogen-bond donors (Lipinski definition) is 2. The van der Waals surface area contributed by atoms with E-state index in [0.29, 0.717) is 0 Å². The molecule has 18 heavy (non-hydrogen) atoms. The molecule has 94 valence electrons. The maximum atomic E-state index is 10.3. The Bertz CT molecular complexity index is 531. The highest BCUT2D eigenvalue weighted by Gasteiger charge is 2.10. The SMILES string of the molecule is CCc1ccc([C@H](O)c2ccc(N)c(C)c2)cc1. The van der Waals surface area contributed by atoms with E-state index in [1.54, 1.807) is 0 Å². The molecule has 0 amide bonds. The number of nitrogen functional groups attached to an aromatic ring is 1. The highest BCUT2D eigenvalue weighted by Crippen LogP contribution is 2.25.